The number of pyridine rings is 1. The molecule has 5 heterocycles. The van der Waals surface area contributed by atoms with Crippen LogP contribution < -0.4 is 4.90 Å². The Morgan fingerprint density at radius 1 is 1.08 bits per heavy atom. The van der Waals surface area contributed by atoms with Crippen molar-refractivity contribution >= 4 is 5.82 Å². The van der Waals surface area contributed by atoms with Crippen molar-refractivity contribution in [3.8, 4) is 0 Å². The molecule has 0 atom stereocenters. The molecule has 0 aliphatic carbocycles. The summed E-state index contributed by atoms with van der Waals surface area (Å²) in [6.45, 7) is 10.1. The number of nitrogens with zero attached hydrogens (tertiary/aromatic N) is 6. The minimum Gasteiger partial charge on any atom is -0.372 e. The van der Waals surface area contributed by atoms with Gasteiger partial charge in [-0.3, -0.25) is 9.80 Å². The van der Waals surface area contributed by atoms with Crippen LogP contribution in [0.15, 0.2) is 30.6 Å². The summed E-state index contributed by atoms with van der Waals surface area (Å²) >= 11 is 0. The Morgan fingerprint density at radius 2 is 1.96 bits per heavy atom. The lowest BCUT2D eigenvalue weighted by molar-refractivity contribution is 0.0248. The molecule has 0 radical (unpaired) electrons. The van der Waals surface area contributed by atoms with Crippen molar-refractivity contribution in [1.29, 1.82) is 0 Å². The zero-order valence-corrected chi connectivity index (χ0v) is 15.1. The van der Waals surface area contributed by atoms with Crippen molar-refractivity contribution in [3.05, 3.63) is 42.1 Å². The number of ether oxygens (including phenoxy) is 1. The second-order valence-electron chi connectivity index (χ2n) is 7.45. The van der Waals surface area contributed by atoms with Gasteiger partial charge in [-0.25, -0.2) is 9.97 Å². The first-order valence-corrected chi connectivity index (χ1v) is 9.60. The van der Waals surface area contributed by atoms with E-state index in [1.807, 2.05) is 12.3 Å². The van der Waals surface area contributed by atoms with E-state index in [-0.39, 0.29) is 0 Å². The Kier molecular flexibility index (Phi) is 4.36. The number of hydrogen-bond donors (Lipinski definition) is 0. The standard InChI is InChI=1S/C19H26N6O/c1-2-4-20-18(3-1)24-7-5-23(6-8-24)17-13-22(14-17)11-16-12-25-9-10-26-15-19(25)21-16/h1-4,12,17H,5-11,13-15H2. The summed E-state index contributed by atoms with van der Waals surface area (Å²) in [6, 6.07) is 6.85. The Labute approximate surface area is 154 Å². The maximum atomic E-state index is 5.48. The van der Waals surface area contributed by atoms with E-state index in [1.54, 1.807) is 0 Å². The Balaban J connectivity index is 1.09. The molecule has 7 nitrogen and oxygen atoms in total. The van der Waals surface area contributed by atoms with Crippen LogP contribution in [0.2, 0.25) is 0 Å². The monoisotopic (exact) mass is 354 g/mol. The molecule has 0 unspecified atom stereocenters. The lowest BCUT2D eigenvalue weighted by Gasteiger charge is -2.48. The van der Waals surface area contributed by atoms with Crippen molar-refractivity contribution in [3.63, 3.8) is 0 Å². The molecule has 5 rings (SSSR count). The number of anilines is 1. The fourth-order valence-electron chi connectivity index (χ4n) is 4.21. The van der Waals surface area contributed by atoms with Gasteiger partial charge in [0.25, 0.3) is 0 Å². The molecule has 0 spiro atoms. The zero-order valence-electron chi connectivity index (χ0n) is 15.1. The van der Waals surface area contributed by atoms with E-state index in [0.717, 1.165) is 70.6 Å². The zero-order chi connectivity index (χ0) is 17.3. The van der Waals surface area contributed by atoms with Crippen LogP contribution in [-0.4, -0.2) is 76.3 Å². The number of rotatable bonds is 4. The molecule has 2 aromatic heterocycles. The highest BCUT2D eigenvalue weighted by Crippen LogP contribution is 2.21. The quantitative estimate of drug-likeness (QED) is 0.810. The number of hydrogen-bond acceptors (Lipinski definition) is 6. The Morgan fingerprint density at radius 3 is 2.73 bits per heavy atom. The fourth-order valence-corrected chi connectivity index (χ4v) is 4.21. The third-order valence-electron chi connectivity index (χ3n) is 5.74. The van der Waals surface area contributed by atoms with Crippen LogP contribution in [-0.2, 0) is 24.4 Å². The van der Waals surface area contributed by atoms with Crippen LogP contribution in [0, 0.1) is 0 Å². The molecular formula is C19H26N6O. The van der Waals surface area contributed by atoms with E-state index in [9.17, 15) is 0 Å². The predicted molar refractivity (Wildman–Crippen MR) is 99.0 cm³/mol. The van der Waals surface area contributed by atoms with Gasteiger partial charge in [0.1, 0.15) is 18.2 Å². The average molecular weight is 354 g/mol. The maximum absolute atomic E-state index is 5.48. The van der Waals surface area contributed by atoms with E-state index in [1.165, 1.54) is 5.69 Å². The number of piperazine rings is 1. The molecule has 138 valence electrons. The SMILES string of the molecule is c1ccc(N2CCN(C3CN(Cc4cn5c(n4)COCC5)C3)CC2)nc1. The highest BCUT2D eigenvalue weighted by molar-refractivity contribution is 5.38. The summed E-state index contributed by atoms with van der Waals surface area (Å²) in [5.74, 6) is 2.18. The van der Waals surface area contributed by atoms with Gasteiger partial charge in [0.2, 0.25) is 0 Å². The summed E-state index contributed by atoms with van der Waals surface area (Å²) in [7, 11) is 0. The van der Waals surface area contributed by atoms with E-state index in [4.69, 9.17) is 9.72 Å². The smallest absolute Gasteiger partial charge is 0.135 e. The number of fused-ring (bicyclic) bond motifs is 1. The number of aromatic nitrogens is 3. The lowest BCUT2D eigenvalue weighted by atomic mass is 10.1. The van der Waals surface area contributed by atoms with Crippen LogP contribution >= 0.6 is 0 Å². The van der Waals surface area contributed by atoms with Gasteiger partial charge in [-0.15, -0.1) is 0 Å². The van der Waals surface area contributed by atoms with Crippen molar-refractivity contribution in [2.45, 2.75) is 25.7 Å². The predicted octanol–water partition coefficient (Wildman–Crippen LogP) is 0.815. The van der Waals surface area contributed by atoms with Crippen LogP contribution in [0.1, 0.15) is 11.5 Å². The first-order valence-electron chi connectivity index (χ1n) is 9.60. The first-order chi connectivity index (χ1) is 12.8. The second kappa shape index (κ2) is 6.98. The van der Waals surface area contributed by atoms with Gasteiger partial charge < -0.3 is 14.2 Å². The molecule has 3 aliphatic rings. The number of imidazole rings is 1. The summed E-state index contributed by atoms with van der Waals surface area (Å²) in [5, 5.41) is 0. The van der Waals surface area contributed by atoms with Crippen molar-refractivity contribution in [2.75, 3.05) is 50.8 Å². The van der Waals surface area contributed by atoms with Crippen molar-refractivity contribution in [1.82, 2.24) is 24.3 Å². The minimum atomic E-state index is 0.656. The Bertz CT molecular complexity index is 710. The molecule has 0 bridgehead atoms. The van der Waals surface area contributed by atoms with E-state index in [2.05, 4.69) is 42.6 Å². The summed E-state index contributed by atoms with van der Waals surface area (Å²) in [6.07, 6.45) is 4.09. The number of likely N-dealkylation sites (tertiary alicyclic amines) is 1. The molecule has 2 aromatic rings. The molecular weight excluding hydrogens is 328 g/mol. The van der Waals surface area contributed by atoms with Gasteiger partial charge in [0.05, 0.1) is 12.3 Å². The van der Waals surface area contributed by atoms with E-state index < -0.39 is 0 Å². The molecule has 2 fully saturated rings. The minimum absolute atomic E-state index is 0.656. The molecule has 2 saturated heterocycles. The molecule has 3 aliphatic heterocycles. The van der Waals surface area contributed by atoms with Gasteiger partial charge in [-0.05, 0) is 12.1 Å². The summed E-state index contributed by atoms with van der Waals surface area (Å²) in [4.78, 5) is 16.7. The van der Waals surface area contributed by atoms with Crippen molar-refractivity contribution in [2.24, 2.45) is 0 Å². The third kappa shape index (κ3) is 3.22. The van der Waals surface area contributed by atoms with E-state index in [0.29, 0.717) is 12.6 Å². The highest BCUT2D eigenvalue weighted by Gasteiger charge is 2.34. The second-order valence-corrected chi connectivity index (χ2v) is 7.45. The van der Waals surface area contributed by atoms with Crippen LogP contribution in [0.4, 0.5) is 5.82 Å². The highest BCUT2D eigenvalue weighted by atomic mass is 16.5. The third-order valence-corrected chi connectivity index (χ3v) is 5.74. The topological polar surface area (TPSA) is 49.7 Å². The van der Waals surface area contributed by atoms with Crippen LogP contribution in [0.3, 0.4) is 0 Å². The molecule has 7 heteroatoms. The summed E-state index contributed by atoms with van der Waals surface area (Å²) < 4.78 is 7.72. The Hall–Kier alpha value is -1.96. The van der Waals surface area contributed by atoms with Gasteiger partial charge in [-0.2, -0.15) is 0 Å². The largest absolute Gasteiger partial charge is 0.372 e. The molecule has 0 N–H and O–H groups in total. The molecule has 0 saturated carbocycles. The van der Waals surface area contributed by atoms with E-state index >= 15 is 0 Å². The lowest BCUT2D eigenvalue weighted by Crippen LogP contribution is -2.62. The molecule has 26 heavy (non-hydrogen) atoms. The fraction of sp³-hybridized carbons (Fsp3) is 0.579. The van der Waals surface area contributed by atoms with Crippen LogP contribution in [0.25, 0.3) is 0 Å². The van der Waals surface area contributed by atoms with Gasteiger partial charge in [0, 0.05) is 70.8 Å². The van der Waals surface area contributed by atoms with Gasteiger partial charge >= 0.3 is 0 Å². The van der Waals surface area contributed by atoms with Crippen molar-refractivity contribution < 1.29 is 4.74 Å². The normalized spacial score (nSPS) is 22.2. The first kappa shape index (κ1) is 16.2. The maximum Gasteiger partial charge on any atom is 0.135 e. The summed E-state index contributed by atoms with van der Waals surface area (Å²) in [5.41, 5.74) is 1.18. The van der Waals surface area contributed by atoms with Gasteiger partial charge in [0.15, 0.2) is 0 Å². The van der Waals surface area contributed by atoms with Crippen LogP contribution in [0.5, 0.6) is 0 Å². The average Bonchev–Trinajstić information content (AvgIpc) is 3.08. The molecule has 0 amide bonds. The van der Waals surface area contributed by atoms with Gasteiger partial charge in [-0.1, -0.05) is 6.07 Å². The molecule has 0 aromatic carbocycles.